The van der Waals surface area contributed by atoms with E-state index in [0.717, 1.165) is 12.8 Å². The Balaban J connectivity index is 1.82. The van der Waals surface area contributed by atoms with Crippen molar-refractivity contribution in [2.75, 3.05) is 25.1 Å². The molecule has 3 rings (SSSR count). The fourth-order valence-corrected chi connectivity index (χ4v) is 3.50. The number of ether oxygens (including phenoxy) is 1. The van der Waals surface area contributed by atoms with Crippen LogP contribution in [0.4, 0.5) is 10.5 Å². The van der Waals surface area contributed by atoms with Crippen molar-refractivity contribution in [2.24, 2.45) is 5.92 Å². The minimum Gasteiger partial charge on any atom is -0.481 e. The smallest absolute Gasteiger partial charge is 0.405 e. The van der Waals surface area contributed by atoms with E-state index in [4.69, 9.17) is 9.84 Å². The molecule has 2 aliphatic rings. The van der Waals surface area contributed by atoms with Crippen molar-refractivity contribution in [3.05, 3.63) is 17.8 Å². The Morgan fingerprint density at radius 2 is 2.19 bits per heavy atom. The van der Waals surface area contributed by atoms with E-state index in [2.05, 4.69) is 15.6 Å². The lowest BCUT2D eigenvalue weighted by Crippen LogP contribution is -2.47. The summed E-state index contributed by atoms with van der Waals surface area (Å²) in [6, 6.07) is 1.87. The maximum atomic E-state index is 12.8. The third-order valence-corrected chi connectivity index (χ3v) is 5.22. The Kier molecular flexibility index (Phi) is 4.93. The van der Waals surface area contributed by atoms with E-state index in [1.165, 1.54) is 13.3 Å². The van der Waals surface area contributed by atoms with Crippen molar-refractivity contribution in [3.63, 3.8) is 0 Å². The van der Waals surface area contributed by atoms with E-state index in [9.17, 15) is 9.59 Å². The lowest BCUT2D eigenvalue weighted by Gasteiger charge is -2.27. The summed E-state index contributed by atoms with van der Waals surface area (Å²) in [7, 11) is 1.53. The van der Waals surface area contributed by atoms with Crippen LogP contribution in [0.3, 0.4) is 0 Å². The van der Waals surface area contributed by atoms with Gasteiger partial charge < -0.3 is 25.4 Å². The topological polar surface area (TPSA) is 104 Å². The number of methoxy groups -OCH3 is 1. The molecule has 1 aliphatic carbocycles. The number of pyridine rings is 1. The zero-order chi connectivity index (χ0) is 18.9. The molecule has 1 saturated heterocycles. The summed E-state index contributed by atoms with van der Waals surface area (Å²) >= 11 is 0. The highest BCUT2D eigenvalue weighted by atomic mass is 16.5. The van der Waals surface area contributed by atoms with Gasteiger partial charge >= 0.3 is 6.09 Å². The molecular weight excluding hydrogens is 336 g/mol. The molecule has 2 amide bonds. The first-order valence-corrected chi connectivity index (χ1v) is 8.92. The SMILES string of the molecule is COc1cc(N2CC[C@](C)(NC(=O)O)C2)c(C(=O)N[C@@H](C)C2CC2)cn1. The van der Waals surface area contributed by atoms with Crippen LogP contribution in [0.1, 0.15) is 43.5 Å². The van der Waals surface area contributed by atoms with Crippen LogP contribution in [-0.4, -0.2) is 53.9 Å². The molecule has 1 aromatic heterocycles. The first kappa shape index (κ1) is 18.3. The van der Waals surface area contributed by atoms with Gasteiger partial charge in [0.25, 0.3) is 5.91 Å². The zero-order valence-electron chi connectivity index (χ0n) is 15.4. The highest BCUT2D eigenvalue weighted by Gasteiger charge is 2.37. The highest BCUT2D eigenvalue weighted by molar-refractivity contribution is 6.00. The minimum absolute atomic E-state index is 0.134. The minimum atomic E-state index is -1.04. The third-order valence-electron chi connectivity index (χ3n) is 5.22. The van der Waals surface area contributed by atoms with E-state index in [1.54, 1.807) is 6.07 Å². The van der Waals surface area contributed by atoms with Crippen molar-refractivity contribution in [3.8, 4) is 5.88 Å². The summed E-state index contributed by atoms with van der Waals surface area (Å²) in [5.41, 5.74) is 0.642. The predicted molar refractivity (Wildman–Crippen MR) is 96.8 cm³/mol. The quantitative estimate of drug-likeness (QED) is 0.714. The first-order chi connectivity index (χ1) is 12.3. The largest absolute Gasteiger partial charge is 0.481 e. The standard InChI is InChI=1S/C18H26N4O4/c1-11(12-4-5-12)20-16(23)13-9-19-15(26-3)8-14(13)22-7-6-18(2,10-22)21-17(24)25/h8-9,11-12,21H,4-7,10H2,1-3H3,(H,20,23)(H,24,25)/t11-,18-/m0/s1. The number of aromatic nitrogens is 1. The molecule has 2 atom stereocenters. The van der Waals surface area contributed by atoms with E-state index < -0.39 is 11.6 Å². The van der Waals surface area contributed by atoms with E-state index in [-0.39, 0.29) is 11.9 Å². The van der Waals surface area contributed by atoms with E-state index >= 15 is 0 Å². The lowest BCUT2D eigenvalue weighted by molar-refractivity contribution is 0.0935. The average Bonchev–Trinajstić information content (AvgIpc) is 3.37. The van der Waals surface area contributed by atoms with E-state index in [1.807, 2.05) is 18.7 Å². The Morgan fingerprint density at radius 3 is 2.81 bits per heavy atom. The molecule has 0 bridgehead atoms. The molecule has 1 saturated carbocycles. The average molecular weight is 362 g/mol. The van der Waals surface area contributed by atoms with Crippen LogP contribution < -0.4 is 20.3 Å². The molecule has 2 fully saturated rings. The van der Waals surface area contributed by atoms with Crippen molar-refractivity contribution in [2.45, 2.75) is 44.7 Å². The number of carbonyl (C=O) groups excluding carboxylic acids is 1. The summed E-state index contributed by atoms with van der Waals surface area (Å²) in [6.45, 7) is 5.01. The second-order valence-corrected chi connectivity index (χ2v) is 7.51. The van der Waals surface area contributed by atoms with Gasteiger partial charge in [-0.2, -0.15) is 0 Å². The monoisotopic (exact) mass is 362 g/mol. The number of nitrogens with one attached hydrogen (secondary N) is 2. The van der Waals surface area contributed by atoms with Crippen LogP contribution in [0.25, 0.3) is 0 Å². The summed E-state index contributed by atoms with van der Waals surface area (Å²) in [5.74, 6) is 0.824. The Labute approximate surface area is 152 Å². The number of carboxylic acid groups (broad SMARTS) is 1. The van der Waals surface area contributed by atoms with Gasteiger partial charge in [0.15, 0.2) is 0 Å². The summed E-state index contributed by atoms with van der Waals surface area (Å²) in [6.07, 6.45) is 3.45. The van der Waals surface area contributed by atoms with Crippen molar-refractivity contribution in [1.82, 2.24) is 15.6 Å². The fraction of sp³-hybridized carbons (Fsp3) is 0.611. The first-order valence-electron chi connectivity index (χ1n) is 8.92. The molecule has 8 heteroatoms. The second-order valence-electron chi connectivity index (χ2n) is 7.51. The Hall–Kier alpha value is -2.51. The van der Waals surface area contributed by atoms with Gasteiger partial charge in [0, 0.05) is 31.4 Å². The zero-order valence-corrected chi connectivity index (χ0v) is 15.4. The normalized spacial score (nSPS) is 23.4. The van der Waals surface area contributed by atoms with Crippen LogP contribution in [0.5, 0.6) is 5.88 Å². The molecule has 1 aromatic rings. The summed E-state index contributed by atoms with van der Waals surface area (Å²) < 4.78 is 5.22. The van der Waals surface area contributed by atoms with Gasteiger partial charge in [-0.15, -0.1) is 0 Å². The van der Waals surface area contributed by atoms with Crippen LogP contribution in [-0.2, 0) is 0 Å². The molecule has 26 heavy (non-hydrogen) atoms. The fourth-order valence-electron chi connectivity index (χ4n) is 3.50. The molecule has 0 aromatic carbocycles. The molecular formula is C18H26N4O4. The summed E-state index contributed by atoms with van der Waals surface area (Å²) in [4.78, 5) is 30.0. The van der Waals surface area contributed by atoms with Crippen LogP contribution in [0.2, 0.25) is 0 Å². The highest BCUT2D eigenvalue weighted by Crippen LogP contribution is 2.34. The number of hydrogen-bond acceptors (Lipinski definition) is 5. The van der Waals surface area contributed by atoms with Gasteiger partial charge in [-0.3, -0.25) is 4.79 Å². The molecule has 0 unspecified atom stereocenters. The second kappa shape index (κ2) is 7.01. The van der Waals surface area contributed by atoms with Crippen molar-refractivity contribution < 1.29 is 19.4 Å². The Morgan fingerprint density at radius 1 is 1.46 bits per heavy atom. The summed E-state index contributed by atoms with van der Waals surface area (Å²) in [5, 5.41) is 14.7. The molecule has 3 N–H and O–H groups in total. The van der Waals surface area contributed by atoms with E-state index in [0.29, 0.717) is 42.6 Å². The van der Waals surface area contributed by atoms with Gasteiger partial charge in [0.05, 0.1) is 23.9 Å². The molecule has 8 nitrogen and oxygen atoms in total. The number of hydrogen-bond donors (Lipinski definition) is 3. The maximum absolute atomic E-state index is 12.8. The van der Waals surface area contributed by atoms with Gasteiger partial charge in [-0.05, 0) is 39.0 Å². The van der Waals surface area contributed by atoms with Crippen molar-refractivity contribution >= 4 is 17.7 Å². The molecule has 142 valence electrons. The molecule has 0 spiro atoms. The van der Waals surface area contributed by atoms with Crippen LogP contribution in [0.15, 0.2) is 12.3 Å². The number of rotatable bonds is 6. The Bertz CT molecular complexity index is 706. The van der Waals surface area contributed by atoms with Gasteiger partial charge in [-0.1, -0.05) is 0 Å². The number of amides is 2. The van der Waals surface area contributed by atoms with Crippen LogP contribution >= 0.6 is 0 Å². The van der Waals surface area contributed by atoms with Gasteiger partial charge in [0.2, 0.25) is 5.88 Å². The van der Waals surface area contributed by atoms with Crippen LogP contribution in [0, 0.1) is 5.92 Å². The van der Waals surface area contributed by atoms with Gasteiger partial charge in [0.1, 0.15) is 0 Å². The lowest BCUT2D eigenvalue weighted by atomic mass is 10.0. The number of anilines is 1. The van der Waals surface area contributed by atoms with Crippen molar-refractivity contribution in [1.29, 1.82) is 0 Å². The molecule has 0 radical (unpaired) electrons. The van der Waals surface area contributed by atoms with Gasteiger partial charge in [-0.25, -0.2) is 9.78 Å². The molecule has 2 heterocycles. The number of carbonyl (C=O) groups is 2. The predicted octanol–water partition coefficient (Wildman–Crippen LogP) is 1.85. The third kappa shape index (κ3) is 4.00. The maximum Gasteiger partial charge on any atom is 0.405 e. The number of nitrogens with zero attached hydrogens (tertiary/aromatic N) is 2. The molecule has 1 aliphatic heterocycles.